The van der Waals surface area contributed by atoms with Crippen LogP contribution >= 0.6 is 0 Å². The quantitative estimate of drug-likeness (QED) is 0.923. The molecule has 0 spiro atoms. The third-order valence-electron chi connectivity index (χ3n) is 2.50. The number of nitrogens with two attached hydrogens (primary N) is 1. The van der Waals surface area contributed by atoms with E-state index in [1.165, 1.54) is 0 Å². The van der Waals surface area contributed by atoms with Gasteiger partial charge in [-0.05, 0) is 35.7 Å². The van der Waals surface area contributed by atoms with E-state index in [1.807, 2.05) is 37.3 Å². The van der Waals surface area contributed by atoms with Crippen molar-refractivity contribution >= 4 is 10.3 Å². The average molecular weight is 263 g/mol. The van der Waals surface area contributed by atoms with Crippen molar-refractivity contribution in [3.8, 4) is 16.9 Å². The first-order chi connectivity index (χ1) is 8.46. The summed E-state index contributed by atoms with van der Waals surface area (Å²) in [6.45, 7) is 1.99. The van der Waals surface area contributed by atoms with Crippen molar-refractivity contribution in [3.63, 3.8) is 0 Å². The van der Waals surface area contributed by atoms with Gasteiger partial charge in [0.2, 0.25) is 0 Å². The third kappa shape index (κ3) is 3.09. The molecule has 4 nitrogen and oxygen atoms in total. The number of rotatable bonds is 3. The predicted molar refractivity (Wildman–Crippen MR) is 70.4 cm³/mol. The van der Waals surface area contributed by atoms with Crippen LogP contribution in [0.25, 0.3) is 11.1 Å². The predicted octanol–water partition coefficient (Wildman–Crippen LogP) is 2.24. The fraction of sp³-hybridized carbons (Fsp3) is 0.0769. The molecule has 0 aliphatic rings. The van der Waals surface area contributed by atoms with Gasteiger partial charge in [0.15, 0.2) is 0 Å². The van der Waals surface area contributed by atoms with Crippen molar-refractivity contribution < 1.29 is 12.6 Å². The van der Waals surface area contributed by atoms with Crippen LogP contribution in [0.1, 0.15) is 5.56 Å². The number of aryl methyl sites for hydroxylation is 1. The Bertz CT molecular complexity index is 665. The van der Waals surface area contributed by atoms with Crippen molar-refractivity contribution in [2.75, 3.05) is 0 Å². The summed E-state index contributed by atoms with van der Waals surface area (Å²) >= 11 is 0. The van der Waals surface area contributed by atoms with Gasteiger partial charge in [-0.3, -0.25) is 0 Å². The molecule has 0 heterocycles. The highest BCUT2D eigenvalue weighted by molar-refractivity contribution is 7.84. The van der Waals surface area contributed by atoms with Crippen molar-refractivity contribution in [3.05, 3.63) is 54.1 Å². The van der Waals surface area contributed by atoms with Crippen LogP contribution in [0.4, 0.5) is 0 Å². The molecule has 0 saturated carbocycles. The molecule has 2 aromatic carbocycles. The Morgan fingerprint density at radius 2 is 1.78 bits per heavy atom. The summed E-state index contributed by atoms with van der Waals surface area (Å²) in [4.78, 5) is 0. The largest absolute Gasteiger partial charge is 0.380 e. The van der Waals surface area contributed by atoms with E-state index >= 15 is 0 Å². The molecule has 0 amide bonds. The lowest BCUT2D eigenvalue weighted by Gasteiger charge is -2.08. The molecule has 0 unspecified atom stereocenters. The summed E-state index contributed by atoms with van der Waals surface area (Å²) in [5.74, 6) is 0.207. The zero-order chi connectivity index (χ0) is 13.2. The molecule has 5 heteroatoms. The van der Waals surface area contributed by atoms with E-state index in [4.69, 9.17) is 5.14 Å². The molecule has 0 aliphatic heterocycles. The van der Waals surface area contributed by atoms with E-state index in [2.05, 4.69) is 4.18 Å². The molecule has 0 radical (unpaired) electrons. The molecule has 94 valence electrons. The van der Waals surface area contributed by atoms with Crippen molar-refractivity contribution in [1.29, 1.82) is 0 Å². The Balaban J connectivity index is 2.42. The molecular formula is C13H13NO3S. The Labute approximate surface area is 106 Å². The number of hydrogen-bond donors (Lipinski definition) is 1. The number of hydrogen-bond acceptors (Lipinski definition) is 3. The minimum absolute atomic E-state index is 0.207. The highest BCUT2D eigenvalue weighted by Crippen LogP contribution is 2.26. The second-order valence-electron chi connectivity index (χ2n) is 3.92. The van der Waals surface area contributed by atoms with Crippen molar-refractivity contribution in [2.45, 2.75) is 6.92 Å². The second-order valence-corrected chi connectivity index (χ2v) is 5.07. The van der Waals surface area contributed by atoms with Gasteiger partial charge in [0.1, 0.15) is 5.75 Å². The van der Waals surface area contributed by atoms with Gasteiger partial charge in [0.25, 0.3) is 0 Å². The van der Waals surface area contributed by atoms with Gasteiger partial charge in [0, 0.05) is 0 Å². The lowest BCUT2D eigenvalue weighted by Crippen LogP contribution is -2.18. The van der Waals surface area contributed by atoms with Gasteiger partial charge < -0.3 is 4.18 Å². The first-order valence-corrected chi connectivity index (χ1v) is 6.81. The van der Waals surface area contributed by atoms with Crippen molar-refractivity contribution in [1.82, 2.24) is 0 Å². The van der Waals surface area contributed by atoms with Gasteiger partial charge in [0.05, 0.1) is 0 Å². The Kier molecular flexibility index (Phi) is 3.36. The lowest BCUT2D eigenvalue weighted by atomic mass is 10.0. The summed E-state index contributed by atoms with van der Waals surface area (Å²) in [5.41, 5.74) is 3.01. The fourth-order valence-electron chi connectivity index (χ4n) is 1.75. The van der Waals surface area contributed by atoms with Crippen LogP contribution in [-0.4, -0.2) is 8.42 Å². The molecule has 0 fully saturated rings. The van der Waals surface area contributed by atoms with Crippen LogP contribution in [0.5, 0.6) is 5.75 Å². The lowest BCUT2D eigenvalue weighted by molar-refractivity contribution is 0.488. The van der Waals surface area contributed by atoms with E-state index < -0.39 is 10.3 Å². The monoisotopic (exact) mass is 263 g/mol. The minimum atomic E-state index is -3.99. The molecule has 0 saturated heterocycles. The molecule has 2 N–H and O–H groups in total. The van der Waals surface area contributed by atoms with E-state index in [1.54, 1.807) is 18.2 Å². The molecule has 18 heavy (non-hydrogen) atoms. The fourth-order valence-corrected chi connectivity index (χ4v) is 2.12. The topological polar surface area (TPSA) is 69.4 Å². The first-order valence-electron chi connectivity index (χ1n) is 5.34. The van der Waals surface area contributed by atoms with Crippen LogP contribution in [-0.2, 0) is 10.3 Å². The maximum Gasteiger partial charge on any atom is 0.380 e. The molecule has 0 aliphatic carbocycles. The van der Waals surface area contributed by atoms with E-state index in [0.29, 0.717) is 0 Å². The Hall–Kier alpha value is -1.85. The summed E-state index contributed by atoms with van der Waals surface area (Å²) in [5, 5.41) is 4.84. The second kappa shape index (κ2) is 4.80. The van der Waals surface area contributed by atoms with Crippen LogP contribution < -0.4 is 9.32 Å². The van der Waals surface area contributed by atoms with Crippen LogP contribution in [0.3, 0.4) is 0 Å². The van der Waals surface area contributed by atoms with Gasteiger partial charge in [-0.1, -0.05) is 36.4 Å². The van der Waals surface area contributed by atoms with E-state index in [0.717, 1.165) is 16.7 Å². The normalized spacial score (nSPS) is 11.2. The standard InChI is InChI=1S/C13H13NO3S/c1-10-5-2-3-8-13(10)11-6-4-7-12(9-11)17-18(14,15)16/h2-9H,1H3,(H2,14,15,16). The van der Waals surface area contributed by atoms with Gasteiger partial charge in [-0.2, -0.15) is 13.6 Å². The molecule has 0 bridgehead atoms. The summed E-state index contributed by atoms with van der Waals surface area (Å²) in [6.07, 6.45) is 0. The van der Waals surface area contributed by atoms with Crippen LogP contribution in [0, 0.1) is 6.92 Å². The van der Waals surface area contributed by atoms with Gasteiger partial charge >= 0.3 is 10.3 Å². The Morgan fingerprint density at radius 3 is 2.44 bits per heavy atom. The summed E-state index contributed by atoms with van der Waals surface area (Å²) in [7, 11) is -3.99. The molecule has 2 aromatic rings. The highest BCUT2D eigenvalue weighted by Gasteiger charge is 2.07. The van der Waals surface area contributed by atoms with Gasteiger partial charge in [-0.25, -0.2) is 0 Å². The zero-order valence-electron chi connectivity index (χ0n) is 9.83. The first kappa shape index (κ1) is 12.6. The molecule has 0 atom stereocenters. The van der Waals surface area contributed by atoms with Gasteiger partial charge in [-0.15, -0.1) is 0 Å². The maximum atomic E-state index is 10.9. The third-order valence-corrected chi connectivity index (χ3v) is 2.93. The smallest absolute Gasteiger partial charge is 0.371 e. The van der Waals surface area contributed by atoms with E-state index in [-0.39, 0.29) is 5.75 Å². The average Bonchev–Trinajstić information content (AvgIpc) is 2.27. The Morgan fingerprint density at radius 1 is 1.06 bits per heavy atom. The maximum absolute atomic E-state index is 10.9. The highest BCUT2D eigenvalue weighted by atomic mass is 32.2. The van der Waals surface area contributed by atoms with Crippen LogP contribution in [0.2, 0.25) is 0 Å². The van der Waals surface area contributed by atoms with Crippen molar-refractivity contribution in [2.24, 2.45) is 5.14 Å². The number of benzene rings is 2. The zero-order valence-corrected chi connectivity index (χ0v) is 10.6. The van der Waals surface area contributed by atoms with Crippen LogP contribution in [0.15, 0.2) is 48.5 Å². The summed E-state index contributed by atoms with van der Waals surface area (Å²) in [6, 6.07) is 14.6. The summed E-state index contributed by atoms with van der Waals surface area (Å²) < 4.78 is 26.4. The SMILES string of the molecule is Cc1ccccc1-c1cccc(OS(N)(=O)=O)c1. The molecular weight excluding hydrogens is 250 g/mol. The molecule has 2 rings (SSSR count). The minimum Gasteiger partial charge on any atom is -0.371 e. The molecule has 0 aromatic heterocycles. The van der Waals surface area contributed by atoms with E-state index in [9.17, 15) is 8.42 Å².